The smallest absolute Gasteiger partial charge is 0.291 e. The van der Waals surface area contributed by atoms with Crippen LogP contribution >= 0.6 is 22.9 Å². The number of halogens is 1. The summed E-state index contributed by atoms with van der Waals surface area (Å²) >= 11 is 7.10. The number of furan rings is 1. The van der Waals surface area contributed by atoms with Crippen molar-refractivity contribution in [3.8, 4) is 11.6 Å². The van der Waals surface area contributed by atoms with E-state index in [0.717, 1.165) is 22.3 Å². The van der Waals surface area contributed by atoms with Crippen LogP contribution in [-0.4, -0.2) is 33.0 Å². The maximum absolute atomic E-state index is 13.7. The second-order valence-corrected chi connectivity index (χ2v) is 10.7. The Bertz CT molecular complexity index is 2130. The Kier molecular flexibility index (Phi) is 5.55. The summed E-state index contributed by atoms with van der Waals surface area (Å²) in [4.78, 5) is 46.3. The highest BCUT2D eigenvalue weighted by molar-refractivity contribution is 7.15. The second kappa shape index (κ2) is 9.15. The zero-order valence-electron chi connectivity index (χ0n) is 20.8. The predicted molar refractivity (Wildman–Crippen MR) is 154 cm³/mol. The molecule has 1 N–H and O–H groups in total. The molecule has 0 unspecified atom stereocenters. The molecule has 40 heavy (non-hydrogen) atoms. The highest BCUT2D eigenvalue weighted by Crippen LogP contribution is 2.35. The van der Waals surface area contributed by atoms with E-state index in [9.17, 15) is 14.4 Å². The van der Waals surface area contributed by atoms with E-state index in [1.165, 1.54) is 9.42 Å². The number of carbonyl (C=O) groups is 2. The SMILES string of the molecule is Cc1c(-c2nc3sc(=C4C(=O)N(CC(=O)Nc5cccc(Cl)c5)c5ccccc54)c(=O)n3n2)oc2ccccc12. The molecular formula is C29H18ClN5O4S. The number of hydrogen-bond acceptors (Lipinski definition) is 7. The van der Waals surface area contributed by atoms with Gasteiger partial charge in [0.1, 0.15) is 16.7 Å². The minimum atomic E-state index is -0.462. The molecule has 3 aromatic carbocycles. The van der Waals surface area contributed by atoms with Crippen molar-refractivity contribution in [1.82, 2.24) is 14.6 Å². The van der Waals surface area contributed by atoms with E-state index in [4.69, 9.17) is 16.0 Å². The summed E-state index contributed by atoms with van der Waals surface area (Å²) in [7, 11) is 0. The average Bonchev–Trinajstić information content (AvgIpc) is 3.66. The monoisotopic (exact) mass is 567 g/mol. The number of fused-ring (bicyclic) bond motifs is 3. The Hall–Kier alpha value is -4.80. The van der Waals surface area contributed by atoms with Crippen molar-refractivity contribution in [1.29, 1.82) is 0 Å². The van der Waals surface area contributed by atoms with Crippen LogP contribution in [0, 0.1) is 6.92 Å². The molecule has 2 amide bonds. The number of para-hydroxylation sites is 2. The predicted octanol–water partition coefficient (Wildman–Crippen LogP) is 4.43. The molecule has 1 aliphatic rings. The lowest BCUT2D eigenvalue weighted by Gasteiger charge is -2.16. The van der Waals surface area contributed by atoms with E-state index in [2.05, 4.69) is 15.4 Å². The number of aryl methyl sites for hydroxylation is 1. The van der Waals surface area contributed by atoms with Crippen molar-refractivity contribution in [3.05, 3.63) is 104 Å². The lowest BCUT2D eigenvalue weighted by atomic mass is 10.1. The minimum Gasteiger partial charge on any atom is -0.452 e. The molecule has 9 nitrogen and oxygen atoms in total. The fourth-order valence-corrected chi connectivity index (χ4v) is 6.12. The van der Waals surface area contributed by atoms with Crippen molar-refractivity contribution in [2.24, 2.45) is 0 Å². The fourth-order valence-electron chi connectivity index (χ4n) is 4.94. The molecule has 196 valence electrons. The number of anilines is 2. The van der Waals surface area contributed by atoms with Gasteiger partial charge in [-0.05, 0) is 37.3 Å². The van der Waals surface area contributed by atoms with Crippen LogP contribution in [0.2, 0.25) is 5.02 Å². The normalized spacial score (nSPS) is 14.3. The molecule has 0 saturated heterocycles. The first-order chi connectivity index (χ1) is 19.4. The summed E-state index contributed by atoms with van der Waals surface area (Å²) in [6.07, 6.45) is 0. The van der Waals surface area contributed by atoms with Gasteiger partial charge in [-0.1, -0.05) is 65.4 Å². The number of benzene rings is 3. The number of rotatable bonds is 4. The largest absolute Gasteiger partial charge is 0.452 e. The zero-order chi connectivity index (χ0) is 27.5. The number of nitrogens with zero attached hydrogens (tertiary/aromatic N) is 4. The molecule has 1 aliphatic heterocycles. The Morgan fingerprint density at radius 1 is 1.05 bits per heavy atom. The Morgan fingerprint density at radius 2 is 1.85 bits per heavy atom. The molecule has 0 radical (unpaired) electrons. The van der Waals surface area contributed by atoms with Crippen LogP contribution in [0.3, 0.4) is 0 Å². The number of nitrogens with one attached hydrogen (secondary N) is 1. The van der Waals surface area contributed by atoms with Crippen LogP contribution in [0.15, 0.2) is 82.0 Å². The fraction of sp³-hybridized carbons (Fsp3) is 0.0690. The van der Waals surface area contributed by atoms with Crippen molar-refractivity contribution >= 4 is 67.6 Å². The first kappa shape index (κ1) is 24.3. The van der Waals surface area contributed by atoms with E-state index >= 15 is 0 Å². The van der Waals surface area contributed by atoms with E-state index in [1.54, 1.807) is 48.5 Å². The topological polar surface area (TPSA) is 110 Å². The summed E-state index contributed by atoms with van der Waals surface area (Å²) in [5, 5.41) is 8.62. The van der Waals surface area contributed by atoms with E-state index in [-0.39, 0.29) is 16.7 Å². The highest BCUT2D eigenvalue weighted by Gasteiger charge is 2.35. The number of carbonyl (C=O) groups excluding carboxylic acids is 2. The van der Waals surface area contributed by atoms with Crippen LogP contribution in [0.1, 0.15) is 11.1 Å². The zero-order valence-corrected chi connectivity index (χ0v) is 22.4. The Labute approximate surface area is 234 Å². The molecule has 6 aromatic rings. The summed E-state index contributed by atoms with van der Waals surface area (Å²) < 4.78 is 7.37. The van der Waals surface area contributed by atoms with Gasteiger partial charge in [-0.15, -0.1) is 5.10 Å². The Balaban J connectivity index is 1.28. The standard InChI is InChI=1S/C29H18ClN5O4S/c1-15-18-9-3-5-12-21(18)39-24(15)26-32-29-35(33-26)28(38)25(40-29)23-19-10-2-4-11-20(19)34(27(23)37)14-22(36)31-17-8-6-7-16(30)13-17/h2-13H,14H2,1H3,(H,31,36). The Morgan fingerprint density at radius 3 is 2.65 bits per heavy atom. The van der Waals surface area contributed by atoms with Gasteiger partial charge in [0.15, 0.2) is 5.76 Å². The highest BCUT2D eigenvalue weighted by atomic mass is 35.5. The number of hydrogen-bond donors (Lipinski definition) is 1. The first-order valence-corrected chi connectivity index (χ1v) is 13.5. The summed E-state index contributed by atoms with van der Waals surface area (Å²) in [5.74, 6) is -0.0594. The maximum Gasteiger partial charge on any atom is 0.291 e. The van der Waals surface area contributed by atoms with Gasteiger partial charge in [-0.3, -0.25) is 19.3 Å². The van der Waals surface area contributed by atoms with E-state index in [1.807, 2.05) is 31.2 Å². The summed E-state index contributed by atoms with van der Waals surface area (Å²) in [6.45, 7) is 1.68. The molecule has 0 bridgehead atoms. The maximum atomic E-state index is 13.7. The van der Waals surface area contributed by atoms with Crippen LogP contribution in [0.4, 0.5) is 11.4 Å². The summed E-state index contributed by atoms with van der Waals surface area (Å²) in [5.41, 5.74) is 2.97. The van der Waals surface area contributed by atoms with Crippen LogP contribution in [0.5, 0.6) is 0 Å². The molecule has 0 saturated carbocycles. The van der Waals surface area contributed by atoms with Gasteiger partial charge in [-0.2, -0.15) is 9.50 Å². The number of thiazole rings is 1. The van der Waals surface area contributed by atoms with Gasteiger partial charge < -0.3 is 9.73 Å². The number of amides is 2. The third-order valence-electron chi connectivity index (χ3n) is 6.76. The lowest BCUT2D eigenvalue weighted by Crippen LogP contribution is -2.37. The molecule has 7 rings (SSSR count). The molecule has 0 aliphatic carbocycles. The lowest BCUT2D eigenvalue weighted by molar-refractivity contribution is -0.118. The molecule has 0 spiro atoms. The van der Waals surface area contributed by atoms with Gasteiger partial charge in [0, 0.05) is 27.2 Å². The van der Waals surface area contributed by atoms with E-state index < -0.39 is 17.4 Å². The average molecular weight is 568 g/mol. The molecule has 11 heteroatoms. The minimum absolute atomic E-state index is 0.207. The molecule has 0 atom stereocenters. The molecular weight excluding hydrogens is 550 g/mol. The number of aromatic nitrogens is 3. The van der Waals surface area contributed by atoms with Gasteiger partial charge in [0.05, 0.1) is 11.3 Å². The van der Waals surface area contributed by atoms with Gasteiger partial charge in [0.25, 0.3) is 11.5 Å². The van der Waals surface area contributed by atoms with Gasteiger partial charge >= 0.3 is 0 Å². The van der Waals surface area contributed by atoms with Crippen LogP contribution in [-0.2, 0) is 9.59 Å². The molecule has 3 aromatic heterocycles. The van der Waals surface area contributed by atoms with Crippen molar-refractivity contribution in [2.75, 3.05) is 16.8 Å². The molecule has 0 fully saturated rings. The van der Waals surface area contributed by atoms with Crippen molar-refractivity contribution in [3.63, 3.8) is 0 Å². The van der Waals surface area contributed by atoms with E-state index in [0.29, 0.717) is 44.1 Å². The van der Waals surface area contributed by atoms with Crippen LogP contribution in [0.25, 0.3) is 33.1 Å². The van der Waals surface area contributed by atoms with Gasteiger partial charge in [-0.25, -0.2) is 0 Å². The van der Waals surface area contributed by atoms with Gasteiger partial charge in [0.2, 0.25) is 16.7 Å². The van der Waals surface area contributed by atoms with Crippen LogP contribution < -0.4 is 20.3 Å². The second-order valence-electron chi connectivity index (χ2n) is 9.26. The third kappa shape index (κ3) is 3.80. The first-order valence-electron chi connectivity index (χ1n) is 12.3. The van der Waals surface area contributed by atoms with Crippen molar-refractivity contribution < 1.29 is 14.0 Å². The summed E-state index contributed by atoms with van der Waals surface area (Å²) in [6, 6.07) is 21.4. The third-order valence-corrected chi connectivity index (χ3v) is 8.03. The molecule has 4 heterocycles. The van der Waals surface area contributed by atoms with Crippen molar-refractivity contribution in [2.45, 2.75) is 6.92 Å². The quantitative estimate of drug-likeness (QED) is 0.337.